The van der Waals surface area contributed by atoms with Crippen LogP contribution in [0.25, 0.3) is 0 Å². The van der Waals surface area contributed by atoms with Crippen molar-refractivity contribution in [2.24, 2.45) is 0 Å². The van der Waals surface area contributed by atoms with E-state index in [9.17, 15) is 18.4 Å². The molecular weight excluding hydrogens is 312 g/mol. The Bertz CT molecular complexity index is 470. The van der Waals surface area contributed by atoms with Gasteiger partial charge in [0.05, 0.1) is 0 Å². The minimum atomic E-state index is -1.37. The van der Waals surface area contributed by atoms with Gasteiger partial charge in [0.15, 0.2) is 0 Å². The van der Waals surface area contributed by atoms with E-state index in [1.165, 1.54) is 0 Å². The van der Waals surface area contributed by atoms with Crippen molar-refractivity contribution in [3.8, 4) is 0 Å². The predicted octanol–water partition coefficient (Wildman–Crippen LogP) is 1.86. The molecule has 0 aliphatic carbocycles. The molecule has 18 heavy (non-hydrogen) atoms. The number of carboxylic acid groups (broad SMARTS) is 1. The first-order valence-corrected chi connectivity index (χ1v) is 5.74. The first-order chi connectivity index (χ1) is 8.31. The van der Waals surface area contributed by atoms with Gasteiger partial charge in [-0.2, -0.15) is 0 Å². The highest BCUT2D eigenvalue weighted by molar-refractivity contribution is 9.10. The summed E-state index contributed by atoms with van der Waals surface area (Å²) in [4.78, 5) is 21.7. The lowest BCUT2D eigenvalue weighted by atomic mass is 10.0. The average Bonchev–Trinajstić information content (AvgIpc) is 2.20. The van der Waals surface area contributed by atoms with E-state index in [2.05, 4.69) is 21.2 Å². The molecule has 0 fully saturated rings. The summed E-state index contributed by atoms with van der Waals surface area (Å²) in [7, 11) is 0. The Morgan fingerprint density at radius 2 is 1.89 bits per heavy atom. The number of hydrogen-bond acceptors (Lipinski definition) is 2. The normalized spacial score (nSPS) is 12.0. The van der Waals surface area contributed by atoms with E-state index < -0.39 is 36.0 Å². The van der Waals surface area contributed by atoms with Crippen LogP contribution in [0.3, 0.4) is 0 Å². The second kappa shape index (κ2) is 5.90. The molecule has 0 heterocycles. The molecule has 2 N–H and O–H groups in total. The fraction of sp³-hybridized carbons (Fsp3) is 0.273. The van der Waals surface area contributed by atoms with Gasteiger partial charge in [0.25, 0.3) is 0 Å². The maximum Gasteiger partial charge on any atom is 0.326 e. The number of carbonyl (C=O) groups is 2. The molecule has 0 aliphatic heterocycles. The van der Waals surface area contributed by atoms with Gasteiger partial charge in [-0.05, 0) is 12.1 Å². The molecule has 1 atom stereocenters. The summed E-state index contributed by atoms with van der Waals surface area (Å²) in [6.07, 6.45) is -0.458. The zero-order valence-corrected chi connectivity index (χ0v) is 10.9. The molecule has 1 amide bonds. The standard InChI is InChI=1S/C11H10BrF2NO3/c1-5(16)15-10(11(17)18)4-7-8(13)2-6(12)3-9(7)14/h2-3,10H,4H2,1H3,(H,15,16)(H,17,18). The molecular formula is C11H10BrF2NO3. The smallest absolute Gasteiger partial charge is 0.326 e. The monoisotopic (exact) mass is 321 g/mol. The molecule has 0 saturated carbocycles. The maximum absolute atomic E-state index is 13.5. The number of nitrogens with one attached hydrogen (secondary N) is 1. The van der Waals surface area contributed by atoms with E-state index >= 15 is 0 Å². The van der Waals surface area contributed by atoms with Crippen LogP contribution in [0, 0.1) is 11.6 Å². The Morgan fingerprint density at radius 3 is 2.28 bits per heavy atom. The van der Waals surface area contributed by atoms with Crippen molar-refractivity contribution in [3.63, 3.8) is 0 Å². The van der Waals surface area contributed by atoms with Gasteiger partial charge >= 0.3 is 5.97 Å². The van der Waals surface area contributed by atoms with Crippen LogP contribution in [0.15, 0.2) is 16.6 Å². The Balaban J connectivity index is 3.01. The molecule has 1 aromatic carbocycles. The zero-order chi connectivity index (χ0) is 13.9. The second-order valence-electron chi connectivity index (χ2n) is 3.64. The fourth-order valence-electron chi connectivity index (χ4n) is 1.42. The second-order valence-corrected chi connectivity index (χ2v) is 4.56. The molecule has 7 heteroatoms. The van der Waals surface area contributed by atoms with Crippen LogP contribution in [0.5, 0.6) is 0 Å². The molecule has 4 nitrogen and oxygen atoms in total. The van der Waals surface area contributed by atoms with Crippen LogP contribution in [-0.4, -0.2) is 23.0 Å². The van der Waals surface area contributed by atoms with E-state index in [0.717, 1.165) is 19.1 Å². The minimum Gasteiger partial charge on any atom is -0.480 e. The Kier molecular flexibility index (Phi) is 4.77. The molecule has 98 valence electrons. The summed E-state index contributed by atoms with van der Waals surface area (Å²) < 4.78 is 27.2. The summed E-state index contributed by atoms with van der Waals surface area (Å²) >= 11 is 2.92. The number of carbonyl (C=O) groups excluding carboxylic acids is 1. The molecule has 1 unspecified atom stereocenters. The van der Waals surface area contributed by atoms with Crippen molar-refractivity contribution >= 4 is 27.8 Å². The van der Waals surface area contributed by atoms with Gasteiger partial charge in [-0.15, -0.1) is 0 Å². The van der Waals surface area contributed by atoms with E-state index in [4.69, 9.17) is 5.11 Å². The lowest BCUT2D eigenvalue weighted by molar-refractivity contribution is -0.141. The van der Waals surface area contributed by atoms with Gasteiger partial charge in [-0.1, -0.05) is 15.9 Å². The van der Waals surface area contributed by atoms with Crippen LogP contribution in [0.1, 0.15) is 12.5 Å². The average molecular weight is 322 g/mol. The van der Waals surface area contributed by atoms with Gasteiger partial charge in [0, 0.05) is 23.4 Å². The van der Waals surface area contributed by atoms with E-state index in [-0.39, 0.29) is 10.0 Å². The third-order valence-corrected chi connectivity index (χ3v) is 2.65. The summed E-state index contributed by atoms with van der Waals surface area (Å²) in [5.41, 5.74) is -0.376. The third-order valence-electron chi connectivity index (χ3n) is 2.19. The van der Waals surface area contributed by atoms with Crippen molar-refractivity contribution in [1.29, 1.82) is 0 Å². The number of hydrogen-bond donors (Lipinski definition) is 2. The molecule has 0 radical (unpaired) electrons. The van der Waals surface area contributed by atoms with Crippen molar-refractivity contribution in [2.75, 3.05) is 0 Å². The molecule has 0 bridgehead atoms. The van der Waals surface area contributed by atoms with Gasteiger partial charge in [0.1, 0.15) is 17.7 Å². The molecule has 0 aliphatic rings. The summed E-state index contributed by atoms with van der Waals surface area (Å²) in [6, 6.07) is 0.698. The Labute approximate surface area is 110 Å². The van der Waals surface area contributed by atoms with Crippen LogP contribution in [0.4, 0.5) is 8.78 Å². The van der Waals surface area contributed by atoms with E-state index in [0.29, 0.717) is 0 Å². The fourth-order valence-corrected chi connectivity index (χ4v) is 1.82. The first-order valence-electron chi connectivity index (χ1n) is 4.94. The lowest BCUT2D eigenvalue weighted by Crippen LogP contribution is -2.41. The Hall–Kier alpha value is -1.50. The van der Waals surface area contributed by atoms with Gasteiger partial charge in [-0.25, -0.2) is 13.6 Å². The molecule has 0 spiro atoms. The van der Waals surface area contributed by atoms with Crippen LogP contribution in [0.2, 0.25) is 0 Å². The number of carboxylic acids is 1. The molecule has 1 aromatic rings. The van der Waals surface area contributed by atoms with Crippen molar-refractivity contribution < 1.29 is 23.5 Å². The van der Waals surface area contributed by atoms with Gasteiger partial charge in [-0.3, -0.25) is 4.79 Å². The van der Waals surface area contributed by atoms with Crippen LogP contribution < -0.4 is 5.32 Å². The molecule has 0 saturated heterocycles. The largest absolute Gasteiger partial charge is 0.480 e. The number of aliphatic carboxylic acids is 1. The quantitative estimate of drug-likeness (QED) is 0.889. The number of halogens is 3. The number of benzene rings is 1. The molecule has 0 aromatic heterocycles. The third kappa shape index (κ3) is 3.76. The van der Waals surface area contributed by atoms with E-state index in [1.807, 2.05) is 0 Å². The molecule has 1 rings (SSSR count). The van der Waals surface area contributed by atoms with Crippen molar-refractivity contribution in [1.82, 2.24) is 5.32 Å². The van der Waals surface area contributed by atoms with E-state index in [1.54, 1.807) is 0 Å². The summed E-state index contributed by atoms with van der Waals surface area (Å²) in [5, 5.41) is 11.0. The van der Waals surface area contributed by atoms with Gasteiger partial charge < -0.3 is 10.4 Å². The highest BCUT2D eigenvalue weighted by Gasteiger charge is 2.23. The van der Waals surface area contributed by atoms with Crippen LogP contribution in [-0.2, 0) is 16.0 Å². The Morgan fingerprint density at radius 1 is 1.39 bits per heavy atom. The van der Waals surface area contributed by atoms with Crippen LogP contribution >= 0.6 is 15.9 Å². The SMILES string of the molecule is CC(=O)NC(Cc1c(F)cc(Br)cc1F)C(=O)O. The minimum absolute atomic E-state index is 0.215. The number of amides is 1. The summed E-state index contributed by atoms with van der Waals surface area (Å²) in [6.45, 7) is 1.13. The van der Waals surface area contributed by atoms with Crippen molar-refractivity contribution in [3.05, 3.63) is 33.8 Å². The topological polar surface area (TPSA) is 66.4 Å². The first kappa shape index (κ1) is 14.6. The van der Waals surface area contributed by atoms with Crippen molar-refractivity contribution in [2.45, 2.75) is 19.4 Å². The highest BCUT2D eigenvalue weighted by atomic mass is 79.9. The highest BCUT2D eigenvalue weighted by Crippen LogP contribution is 2.20. The lowest BCUT2D eigenvalue weighted by Gasteiger charge is -2.14. The summed E-state index contributed by atoms with van der Waals surface area (Å²) in [5.74, 6) is -3.66. The maximum atomic E-state index is 13.5. The zero-order valence-electron chi connectivity index (χ0n) is 9.34. The predicted molar refractivity (Wildman–Crippen MR) is 63.0 cm³/mol. The number of rotatable bonds is 4. The van der Waals surface area contributed by atoms with Gasteiger partial charge in [0.2, 0.25) is 5.91 Å².